The first-order chi connectivity index (χ1) is 11.4. The fraction of sp³-hybridized carbons (Fsp3) is 0.368. The molecule has 0 aliphatic carbocycles. The highest BCUT2D eigenvalue weighted by Gasteiger charge is 2.33. The van der Waals surface area contributed by atoms with Crippen LogP contribution in [-0.2, 0) is 19.1 Å². The summed E-state index contributed by atoms with van der Waals surface area (Å²) in [6.45, 7) is 2.37. The van der Waals surface area contributed by atoms with E-state index in [1.54, 1.807) is 19.2 Å². The van der Waals surface area contributed by atoms with Crippen LogP contribution in [0.4, 0.5) is 13.2 Å². The van der Waals surface area contributed by atoms with Crippen molar-refractivity contribution in [1.29, 1.82) is 0 Å². The highest BCUT2D eigenvalue weighted by molar-refractivity contribution is 5.29. The molecule has 0 aliphatic rings. The Morgan fingerprint density at radius 1 is 1.04 bits per heavy atom. The molecule has 0 bridgehead atoms. The number of methoxy groups -OCH3 is 1. The highest BCUT2D eigenvalue weighted by atomic mass is 19.4. The van der Waals surface area contributed by atoms with Crippen LogP contribution in [0, 0.1) is 0 Å². The first-order valence-corrected chi connectivity index (χ1v) is 8.01. The summed E-state index contributed by atoms with van der Waals surface area (Å²) < 4.78 is 44.1. The maximum atomic E-state index is 13.0. The van der Waals surface area contributed by atoms with Crippen molar-refractivity contribution in [3.8, 4) is 5.75 Å². The third-order valence-electron chi connectivity index (χ3n) is 4.11. The molecule has 130 valence electrons. The second-order valence-corrected chi connectivity index (χ2v) is 5.96. The molecule has 0 spiro atoms. The molecule has 1 atom stereocenters. The van der Waals surface area contributed by atoms with Crippen LogP contribution in [0.5, 0.6) is 5.75 Å². The molecular weight excluding hydrogens is 315 g/mol. The van der Waals surface area contributed by atoms with Crippen molar-refractivity contribution < 1.29 is 23.2 Å². The van der Waals surface area contributed by atoms with Gasteiger partial charge in [-0.05, 0) is 37.1 Å². The molecular formula is C19H23F3NO+. The largest absolute Gasteiger partial charge is 0.497 e. The van der Waals surface area contributed by atoms with E-state index in [0.29, 0.717) is 12.1 Å². The molecule has 0 amide bonds. The standard InChI is InChI=1S/C19H22F3NO/c1-14(7-8-15-9-11-17(24-2)12-10-15)23-13-16-5-3-4-6-18(16)19(20,21)22/h3-6,9-12,14,23H,7-8,13H2,1-2H3/p+1/t14-/m0/s1. The Bertz CT molecular complexity index is 638. The number of halogens is 3. The van der Waals surface area contributed by atoms with Gasteiger partial charge in [0.2, 0.25) is 0 Å². The first kappa shape index (κ1) is 18.3. The van der Waals surface area contributed by atoms with Gasteiger partial charge in [0.1, 0.15) is 12.3 Å². The van der Waals surface area contributed by atoms with E-state index >= 15 is 0 Å². The van der Waals surface area contributed by atoms with Gasteiger partial charge in [0, 0.05) is 12.0 Å². The zero-order valence-electron chi connectivity index (χ0n) is 13.9. The molecule has 0 aliphatic heterocycles. The smallest absolute Gasteiger partial charge is 0.416 e. The van der Waals surface area contributed by atoms with Gasteiger partial charge in [-0.15, -0.1) is 0 Å². The van der Waals surface area contributed by atoms with Gasteiger partial charge in [0.15, 0.2) is 0 Å². The molecule has 2 N–H and O–H groups in total. The number of hydrogen-bond donors (Lipinski definition) is 1. The summed E-state index contributed by atoms with van der Waals surface area (Å²) in [4.78, 5) is 0. The Morgan fingerprint density at radius 3 is 2.33 bits per heavy atom. The Labute approximate surface area is 140 Å². The SMILES string of the molecule is COc1ccc(CC[C@H](C)[NH2+]Cc2ccccc2C(F)(F)F)cc1. The molecule has 0 saturated heterocycles. The minimum atomic E-state index is -4.29. The Morgan fingerprint density at radius 2 is 1.71 bits per heavy atom. The van der Waals surface area contributed by atoms with Crippen LogP contribution in [0.3, 0.4) is 0 Å². The van der Waals surface area contributed by atoms with Crippen molar-refractivity contribution in [3.63, 3.8) is 0 Å². The lowest BCUT2D eigenvalue weighted by Gasteiger charge is -2.15. The number of quaternary nitrogens is 1. The molecule has 24 heavy (non-hydrogen) atoms. The molecule has 0 heterocycles. The third kappa shape index (κ3) is 5.27. The number of benzene rings is 2. The zero-order valence-corrected chi connectivity index (χ0v) is 13.9. The summed E-state index contributed by atoms with van der Waals surface area (Å²) in [6, 6.07) is 13.9. The van der Waals surface area contributed by atoms with Gasteiger partial charge >= 0.3 is 6.18 Å². The van der Waals surface area contributed by atoms with Gasteiger partial charge in [-0.25, -0.2) is 0 Å². The lowest BCUT2D eigenvalue weighted by Crippen LogP contribution is -2.87. The maximum Gasteiger partial charge on any atom is 0.416 e. The summed E-state index contributed by atoms with van der Waals surface area (Å²) in [5.74, 6) is 0.821. The third-order valence-corrected chi connectivity index (χ3v) is 4.11. The predicted molar refractivity (Wildman–Crippen MR) is 87.9 cm³/mol. The Hall–Kier alpha value is -2.01. The van der Waals surface area contributed by atoms with Crippen molar-refractivity contribution in [2.75, 3.05) is 7.11 Å². The molecule has 0 radical (unpaired) electrons. The molecule has 0 fully saturated rings. The lowest BCUT2D eigenvalue weighted by molar-refractivity contribution is -0.702. The second kappa shape index (κ2) is 8.20. The van der Waals surface area contributed by atoms with Gasteiger partial charge in [-0.1, -0.05) is 30.3 Å². The van der Waals surface area contributed by atoms with Crippen molar-refractivity contribution in [2.45, 2.75) is 38.5 Å². The van der Waals surface area contributed by atoms with Crippen molar-refractivity contribution in [1.82, 2.24) is 0 Å². The van der Waals surface area contributed by atoms with E-state index in [1.807, 2.05) is 36.5 Å². The van der Waals surface area contributed by atoms with Crippen LogP contribution >= 0.6 is 0 Å². The quantitative estimate of drug-likeness (QED) is 0.816. The van der Waals surface area contributed by atoms with E-state index in [1.165, 1.54) is 11.6 Å². The van der Waals surface area contributed by atoms with Gasteiger partial charge in [-0.3, -0.25) is 0 Å². The zero-order chi connectivity index (χ0) is 17.6. The van der Waals surface area contributed by atoms with Crippen LogP contribution in [0.2, 0.25) is 0 Å². The monoisotopic (exact) mass is 338 g/mol. The topological polar surface area (TPSA) is 25.8 Å². The number of aryl methyl sites for hydroxylation is 1. The van der Waals surface area contributed by atoms with E-state index in [0.717, 1.165) is 24.7 Å². The molecule has 5 heteroatoms. The molecule has 0 unspecified atom stereocenters. The number of rotatable bonds is 7. The summed E-state index contributed by atoms with van der Waals surface area (Å²) in [7, 11) is 1.63. The van der Waals surface area contributed by atoms with Crippen molar-refractivity contribution >= 4 is 0 Å². The average molecular weight is 338 g/mol. The molecule has 2 rings (SSSR count). The minimum Gasteiger partial charge on any atom is -0.497 e. The van der Waals surface area contributed by atoms with Gasteiger partial charge in [0.05, 0.1) is 18.7 Å². The molecule has 0 aromatic heterocycles. The maximum absolute atomic E-state index is 13.0. The molecule has 0 saturated carbocycles. The number of ether oxygens (including phenoxy) is 1. The van der Waals surface area contributed by atoms with Crippen LogP contribution in [-0.4, -0.2) is 13.2 Å². The summed E-state index contributed by atoms with van der Waals surface area (Å²) >= 11 is 0. The predicted octanol–water partition coefficient (Wildman–Crippen LogP) is 3.80. The van der Waals surface area contributed by atoms with E-state index in [4.69, 9.17) is 4.74 Å². The fourth-order valence-corrected chi connectivity index (χ4v) is 2.61. The van der Waals surface area contributed by atoms with E-state index in [9.17, 15) is 13.2 Å². The van der Waals surface area contributed by atoms with E-state index in [2.05, 4.69) is 0 Å². The highest BCUT2D eigenvalue weighted by Crippen LogP contribution is 2.31. The lowest BCUT2D eigenvalue weighted by atomic mass is 10.0. The molecule has 2 aromatic carbocycles. The minimum absolute atomic E-state index is 0.244. The van der Waals surface area contributed by atoms with Crippen LogP contribution in [0.15, 0.2) is 48.5 Å². The summed E-state index contributed by atoms with van der Waals surface area (Å²) in [5.41, 5.74) is 0.997. The normalized spacial score (nSPS) is 12.9. The molecule has 2 nitrogen and oxygen atoms in total. The van der Waals surface area contributed by atoms with Crippen LogP contribution in [0.1, 0.15) is 30.0 Å². The molecule has 2 aromatic rings. The van der Waals surface area contributed by atoms with Gasteiger partial charge in [-0.2, -0.15) is 13.2 Å². The van der Waals surface area contributed by atoms with Crippen LogP contribution in [0.25, 0.3) is 0 Å². The number of hydrogen-bond acceptors (Lipinski definition) is 1. The summed E-state index contributed by atoms with van der Waals surface area (Å²) in [6.07, 6.45) is -2.50. The van der Waals surface area contributed by atoms with Crippen molar-refractivity contribution in [3.05, 3.63) is 65.2 Å². The van der Waals surface area contributed by atoms with E-state index in [-0.39, 0.29) is 6.04 Å². The van der Waals surface area contributed by atoms with Gasteiger partial charge < -0.3 is 10.1 Å². The second-order valence-electron chi connectivity index (χ2n) is 5.96. The number of alkyl halides is 3. The fourth-order valence-electron chi connectivity index (χ4n) is 2.61. The van der Waals surface area contributed by atoms with Gasteiger partial charge in [0.25, 0.3) is 0 Å². The van der Waals surface area contributed by atoms with Crippen LogP contribution < -0.4 is 10.1 Å². The van der Waals surface area contributed by atoms with E-state index < -0.39 is 11.7 Å². The Kier molecular flexibility index (Phi) is 6.26. The number of nitrogens with two attached hydrogens (primary N) is 1. The summed E-state index contributed by atoms with van der Waals surface area (Å²) in [5, 5.41) is 1.97. The van der Waals surface area contributed by atoms with Crippen molar-refractivity contribution in [2.24, 2.45) is 0 Å². The average Bonchev–Trinajstić information content (AvgIpc) is 2.58. The Balaban J connectivity index is 1.86. The first-order valence-electron chi connectivity index (χ1n) is 8.01.